The summed E-state index contributed by atoms with van der Waals surface area (Å²) in [6.45, 7) is 4.44. The molecule has 4 atom stereocenters. The van der Waals surface area contributed by atoms with Crippen molar-refractivity contribution in [2.75, 3.05) is 7.11 Å². The molecule has 2 unspecified atom stereocenters. The van der Waals surface area contributed by atoms with Crippen molar-refractivity contribution in [3.63, 3.8) is 0 Å². The van der Waals surface area contributed by atoms with Gasteiger partial charge in [0.05, 0.1) is 6.10 Å². The molecule has 3 rings (SSSR count). The Morgan fingerprint density at radius 2 is 1.90 bits per heavy atom. The SMILES string of the molecule is COC1[C@H](C)CC2(Cc3ccc(Br)cc3C2=O)C[C@@H]1C. The average Bonchev–Trinajstić information content (AvgIpc) is 2.63. The number of methoxy groups -OCH3 is 1. The number of hydrogen-bond donors (Lipinski definition) is 0. The van der Waals surface area contributed by atoms with Crippen LogP contribution < -0.4 is 0 Å². The highest BCUT2D eigenvalue weighted by Gasteiger charge is 2.51. The lowest BCUT2D eigenvalue weighted by molar-refractivity contribution is -0.0426. The Bertz CT molecular complexity index is 540. The van der Waals surface area contributed by atoms with Crippen LogP contribution in [-0.2, 0) is 11.2 Å². The fourth-order valence-electron chi connectivity index (χ4n) is 4.55. The van der Waals surface area contributed by atoms with Gasteiger partial charge in [-0.1, -0.05) is 35.8 Å². The van der Waals surface area contributed by atoms with Crippen LogP contribution in [0.3, 0.4) is 0 Å². The van der Waals surface area contributed by atoms with Crippen molar-refractivity contribution < 1.29 is 9.53 Å². The molecular formula is C17H21BrO2. The van der Waals surface area contributed by atoms with E-state index in [9.17, 15) is 4.79 Å². The molecule has 0 saturated heterocycles. The van der Waals surface area contributed by atoms with E-state index < -0.39 is 0 Å². The van der Waals surface area contributed by atoms with Gasteiger partial charge in [0.15, 0.2) is 5.78 Å². The summed E-state index contributed by atoms with van der Waals surface area (Å²) < 4.78 is 6.62. The van der Waals surface area contributed by atoms with Gasteiger partial charge in [-0.25, -0.2) is 0 Å². The van der Waals surface area contributed by atoms with E-state index in [0.717, 1.165) is 29.3 Å². The molecule has 0 bridgehead atoms. The summed E-state index contributed by atoms with van der Waals surface area (Å²) >= 11 is 3.48. The first-order valence-corrected chi connectivity index (χ1v) is 8.12. The smallest absolute Gasteiger partial charge is 0.169 e. The van der Waals surface area contributed by atoms with E-state index in [1.807, 2.05) is 12.1 Å². The maximum Gasteiger partial charge on any atom is 0.169 e. The molecule has 0 N–H and O–H groups in total. The zero-order valence-corrected chi connectivity index (χ0v) is 13.9. The molecule has 0 aromatic heterocycles. The van der Waals surface area contributed by atoms with E-state index in [1.165, 1.54) is 5.56 Å². The van der Waals surface area contributed by atoms with Crippen LogP contribution in [0, 0.1) is 17.3 Å². The predicted octanol–water partition coefficient (Wildman–Crippen LogP) is 4.26. The van der Waals surface area contributed by atoms with Gasteiger partial charge < -0.3 is 4.74 Å². The van der Waals surface area contributed by atoms with Gasteiger partial charge in [0.25, 0.3) is 0 Å². The lowest BCUT2D eigenvalue weighted by Crippen LogP contribution is -2.44. The van der Waals surface area contributed by atoms with Gasteiger partial charge in [-0.15, -0.1) is 0 Å². The molecule has 108 valence electrons. The third-order valence-electron chi connectivity index (χ3n) is 5.15. The lowest BCUT2D eigenvalue weighted by Gasteiger charge is -2.43. The van der Waals surface area contributed by atoms with Crippen molar-refractivity contribution in [1.29, 1.82) is 0 Å². The Balaban J connectivity index is 1.95. The Morgan fingerprint density at radius 1 is 1.25 bits per heavy atom. The molecule has 0 radical (unpaired) electrons. The molecular weight excluding hydrogens is 316 g/mol. The minimum Gasteiger partial charge on any atom is -0.381 e. The van der Waals surface area contributed by atoms with Crippen LogP contribution in [-0.4, -0.2) is 19.0 Å². The average molecular weight is 337 g/mol. The summed E-state index contributed by atoms with van der Waals surface area (Å²) in [5.41, 5.74) is 1.96. The number of ether oxygens (including phenoxy) is 1. The highest BCUT2D eigenvalue weighted by Crippen LogP contribution is 2.51. The lowest BCUT2D eigenvalue weighted by atomic mass is 9.63. The Hall–Kier alpha value is -0.670. The molecule has 1 aromatic carbocycles. The van der Waals surface area contributed by atoms with Crippen molar-refractivity contribution >= 4 is 21.7 Å². The second-order valence-corrected chi connectivity index (χ2v) is 7.57. The van der Waals surface area contributed by atoms with Crippen molar-refractivity contribution in [1.82, 2.24) is 0 Å². The molecule has 3 heteroatoms. The van der Waals surface area contributed by atoms with Crippen LogP contribution in [0.15, 0.2) is 22.7 Å². The predicted molar refractivity (Wildman–Crippen MR) is 83.0 cm³/mol. The zero-order valence-electron chi connectivity index (χ0n) is 12.3. The first-order valence-electron chi connectivity index (χ1n) is 7.33. The van der Waals surface area contributed by atoms with Crippen molar-refractivity contribution in [2.45, 2.75) is 39.2 Å². The number of carbonyl (C=O) groups excluding carboxylic acids is 1. The van der Waals surface area contributed by atoms with E-state index in [4.69, 9.17) is 4.74 Å². The summed E-state index contributed by atoms with van der Waals surface area (Å²) in [6, 6.07) is 6.13. The third-order valence-corrected chi connectivity index (χ3v) is 5.64. The van der Waals surface area contributed by atoms with Crippen LogP contribution >= 0.6 is 15.9 Å². The number of carbonyl (C=O) groups is 1. The summed E-state index contributed by atoms with van der Waals surface area (Å²) in [6.07, 6.45) is 3.07. The van der Waals surface area contributed by atoms with Crippen LogP contribution in [0.25, 0.3) is 0 Å². The van der Waals surface area contributed by atoms with Gasteiger partial charge >= 0.3 is 0 Å². The molecule has 2 aliphatic rings. The normalized spacial score (nSPS) is 36.4. The quantitative estimate of drug-likeness (QED) is 0.766. The standard InChI is InChI=1S/C17H21BrO2/c1-10-7-17(8-11(2)15(10)20-3)9-12-4-5-13(18)6-14(12)16(17)19/h4-6,10-11,15H,7-9H2,1-3H3/t10-,11+,15?,17?. The van der Waals surface area contributed by atoms with Crippen LogP contribution in [0.4, 0.5) is 0 Å². The van der Waals surface area contributed by atoms with Crippen molar-refractivity contribution in [2.24, 2.45) is 17.3 Å². The largest absolute Gasteiger partial charge is 0.381 e. The van der Waals surface area contributed by atoms with E-state index >= 15 is 0 Å². The first kappa shape index (κ1) is 14.3. The minimum atomic E-state index is -0.184. The van der Waals surface area contributed by atoms with E-state index in [-0.39, 0.29) is 11.5 Å². The van der Waals surface area contributed by atoms with Gasteiger partial charge in [0.1, 0.15) is 0 Å². The monoisotopic (exact) mass is 336 g/mol. The third kappa shape index (κ3) is 2.06. The van der Waals surface area contributed by atoms with E-state index in [1.54, 1.807) is 7.11 Å². The topological polar surface area (TPSA) is 26.3 Å². The molecule has 20 heavy (non-hydrogen) atoms. The van der Waals surface area contributed by atoms with Crippen LogP contribution in [0.5, 0.6) is 0 Å². The second-order valence-electron chi connectivity index (χ2n) is 6.65. The molecule has 2 aliphatic carbocycles. The fourth-order valence-corrected chi connectivity index (χ4v) is 4.91. The number of benzene rings is 1. The van der Waals surface area contributed by atoms with Gasteiger partial charge in [0.2, 0.25) is 0 Å². The first-order chi connectivity index (χ1) is 9.47. The number of ketones is 1. The van der Waals surface area contributed by atoms with Crippen molar-refractivity contribution in [3.05, 3.63) is 33.8 Å². The molecule has 1 saturated carbocycles. The summed E-state index contributed by atoms with van der Waals surface area (Å²) in [5, 5.41) is 0. The van der Waals surface area contributed by atoms with Crippen LogP contribution in [0.1, 0.15) is 42.6 Å². The van der Waals surface area contributed by atoms with Crippen molar-refractivity contribution in [3.8, 4) is 0 Å². The maximum atomic E-state index is 13.0. The zero-order chi connectivity index (χ0) is 14.5. The van der Waals surface area contributed by atoms with Gasteiger partial charge in [-0.05, 0) is 48.8 Å². The highest BCUT2D eigenvalue weighted by molar-refractivity contribution is 9.10. The molecule has 0 heterocycles. The highest BCUT2D eigenvalue weighted by atomic mass is 79.9. The number of halogens is 1. The summed E-state index contributed by atoms with van der Waals surface area (Å²) in [4.78, 5) is 13.0. The molecule has 1 spiro atoms. The Kier molecular flexibility index (Phi) is 3.54. The molecule has 0 aliphatic heterocycles. The van der Waals surface area contributed by atoms with Gasteiger partial charge in [-0.3, -0.25) is 4.79 Å². The molecule has 2 nitrogen and oxygen atoms in total. The Labute approximate surface area is 129 Å². The number of Topliss-reactive ketones (excluding diaryl/α,β-unsaturated/α-hetero) is 1. The van der Waals surface area contributed by atoms with E-state index in [0.29, 0.717) is 17.6 Å². The summed E-state index contributed by atoms with van der Waals surface area (Å²) in [5.74, 6) is 1.22. The molecule has 1 aromatic rings. The fraction of sp³-hybridized carbons (Fsp3) is 0.588. The number of fused-ring (bicyclic) bond motifs is 1. The summed E-state index contributed by atoms with van der Waals surface area (Å²) in [7, 11) is 1.79. The van der Waals surface area contributed by atoms with Crippen LogP contribution in [0.2, 0.25) is 0 Å². The van der Waals surface area contributed by atoms with Gasteiger partial charge in [0, 0.05) is 22.6 Å². The van der Waals surface area contributed by atoms with E-state index in [2.05, 4.69) is 35.8 Å². The Morgan fingerprint density at radius 3 is 2.50 bits per heavy atom. The molecule has 1 fully saturated rings. The van der Waals surface area contributed by atoms with Gasteiger partial charge in [-0.2, -0.15) is 0 Å². The maximum absolute atomic E-state index is 13.0. The molecule has 0 amide bonds. The second kappa shape index (κ2) is 4.96. The number of hydrogen-bond acceptors (Lipinski definition) is 2. The minimum absolute atomic E-state index is 0.184. The number of rotatable bonds is 1.